The van der Waals surface area contributed by atoms with Crippen LogP contribution in [0, 0.1) is 0 Å². The van der Waals surface area contributed by atoms with Crippen molar-refractivity contribution < 1.29 is 17.9 Å². The fourth-order valence-corrected chi connectivity index (χ4v) is 3.35. The standard InChI is InChI=1S/C20H13Cl2F3N6O/c21-15-7-2-8-16(17(15)22)31-19(28-29-30-31)27-11-13-5-3-9-26-18(13)12-4-1-6-14(10-12)32-20(23,24)25/h1-10H,11H2,(H,27,28,30). The van der Waals surface area contributed by atoms with E-state index in [-0.39, 0.29) is 23.3 Å². The molecular formula is C20H13Cl2F3N6O. The van der Waals surface area contributed by atoms with Crippen molar-refractivity contribution in [3.05, 3.63) is 76.4 Å². The van der Waals surface area contributed by atoms with Gasteiger partial charge in [0.05, 0.1) is 21.4 Å². The van der Waals surface area contributed by atoms with Gasteiger partial charge in [0.1, 0.15) is 5.75 Å². The number of pyridine rings is 1. The first kappa shape index (κ1) is 21.8. The molecule has 0 spiro atoms. The number of nitrogens with one attached hydrogen (secondary N) is 1. The van der Waals surface area contributed by atoms with Crippen molar-refractivity contribution in [2.24, 2.45) is 0 Å². The summed E-state index contributed by atoms with van der Waals surface area (Å²) in [6, 6.07) is 14.2. The molecule has 2 aromatic carbocycles. The average Bonchev–Trinajstić information content (AvgIpc) is 3.22. The van der Waals surface area contributed by atoms with E-state index in [2.05, 4.69) is 30.6 Å². The van der Waals surface area contributed by atoms with Crippen molar-refractivity contribution in [1.82, 2.24) is 25.2 Å². The lowest BCUT2D eigenvalue weighted by Crippen LogP contribution is -2.17. The number of alkyl halides is 3. The lowest BCUT2D eigenvalue weighted by Gasteiger charge is -2.13. The summed E-state index contributed by atoms with van der Waals surface area (Å²) in [5.41, 5.74) is 2.12. The molecule has 1 N–H and O–H groups in total. The lowest BCUT2D eigenvalue weighted by molar-refractivity contribution is -0.274. The quantitative estimate of drug-likeness (QED) is 0.390. The Morgan fingerprint density at radius 2 is 1.84 bits per heavy atom. The van der Waals surface area contributed by atoms with Gasteiger partial charge in [0.15, 0.2) is 0 Å². The minimum atomic E-state index is -4.79. The van der Waals surface area contributed by atoms with Crippen LogP contribution in [0.5, 0.6) is 5.75 Å². The van der Waals surface area contributed by atoms with E-state index in [9.17, 15) is 13.2 Å². The van der Waals surface area contributed by atoms with Crippen LogP contribution in [0.4, 0.5) is 19.1 Å². The molecule has 12 heteroatoms. The third kappa shape index (κ3) is 4.92. The summed E-state index contributed by atoms with van der Waals surface area (Å²) in [6.45, 7) is 0.228. The van der Waals surface area contributed by atoms with Gasteiger partial charge in [0.25, 0.3) is 0 Å². The molecule has 0 unspecified atom stereocenters. The van der Waals surface area contributed by atoms with E-state index < -0.39 is 6.36 Å². The topological polar surface area (TPSA) is 77.8 Å². The summed E-state index contributed by atoms with van der Waals surface area (Å²) in [7, 11) is 0. The number of rotatable bonds is 6. The highest BCUT2D eigenvalue weighted by Crippen LogP contribution is 2.31. The molecule has 32 heavy (non-hydrogen) atoms. The van der Waals surface area contributed by atoms with Gasteiger partial charge in [0.2, 0.25) is 5.95 Å². The average molecular weight is 481 g/mol. The van der Waals surface area contributed by atoms with Gasteiger partial charge in [-0.05, 0) is 46.3 Å². The van der Waals surface area contributed by atoms with Crippen LogP contribution in [-0.4, -0.2) is 31.6 Å². The highest BCUT2D eigenvalue weighted by atomic mass is 35.5. The number of halogens is 5. The Morgan fingerprint density at radius 1 is 1.03 bits per heavy atom. The summed E-state index contributed by atoms with van der Waals surface area (Å²) in [6.07, 6.45) is -3.24. The fraction of sp³-hybridized carbons (Fsp3) is 0.100. The SMILES string of the molecule is FC(F)(F)Oc1cccc(-c2ncccc2CNc2nnnn2-c2cccc(Cl)c2Cl)c1. The first-order valence-electron chi connectivity index (χ1n) is 9.08. The number of hydrogen-bond acceptors (Lipinski definition) is 6. The van der Waals surface area contributed by atoms with Crippen molar-refractivity contribution in [1.29, 1.82) is 0 Å². The van der Waals surface area contributed by atoms with Crippen LogP contribution in [0.3, 0.4) is 0 Å². The van der Waals surface area contributed by atoms with E-state index in [1.165, 1.54) is 22.9 Å². The number of aromatic nitrogens is 5. The summed E-state index contributed by atoms with van der Waals surface area (Å²) in [5, 5.41) is 15.3. The van der Waals surface area contributed by atoms with Gasteiger partial charge in [-0.2, -0.15) is 4.68 Å². The lowest BCUT2D eigenvalue weighted by atomic mass is 10.1. The highest BCUT2D eigenvalue weighted by Gasteiger charge is 2.31. The van der Waals surface area contributed by atoms with Crippen LogP contribution < -0.4 is 10.1 Å². The van der Waals surface area contributed by atoms with Crippen LogP contribution in [0.2, 0.25) is 10.0 Å². The molecule has 0 aliphatic heterocycles. The van der Waals surface area contributed by atoms with Crippen molar-refractivity contribution in [3.63, 3.8) is 0 Å². The van der Waals surface area contributed by atoms with E-state index in [1.807, 2.05) is 0 Å². The second-order valence-electron chi connectivity index (χ2n) is 6.43. The van der Waals surface area contributed by atoms with E-state index in [0.29, 0.717) is 27.5 Å². The minimum Gasteiger partial charge on any atom is -0.406 e. The van der Waals surface area contributed by atoms with Crippen LogP contribution in [0.1, 0.15) is 5.56 Å². The maximum Gasteiger partial charge on any atom is 0.573 e. The smallest absolute Gasteiger partial charge is 0.406 e. The Hall–Kier alpha value is -3.37. The number of tetrazole rings is 1. The van der Waals surface area contributed by atoms with Crippen LogP contribution in [0.15, 0.2) is 60.8 Å². The van der Waals surface area contributed by atoms with E-state index in [0.717, 1.165) is 0 Å². The molecule has 0 atom stereocenters. The van der Waals surface area contributed by atoms with Gasteiger partial charge in [-0.1, -0.05) is 52.6 Å². The van der Waals surface area contributed by atoms with Gasteiger partial charge >= 0.3 is 6.36 Å². The largest absolute Gasteiger partial charge is 0.573 e. The molecule has 0 aliphatic carbocycles. The molecule has 0 amide bonds. The molecule has 0 bridgehead atoms. The first-order chi connectivity index (χ1) is 15.3. The molecule has 2 heterocycles. The molecule has 0 aliphatic rings. The fourth-order valence-electron chi connectivity index (χ4n) is 2.97. The maximum absolute atomic E-state index is 12.6. The Bertz CT molecular complexity index is 1250. The molecule has 4 aromatic rings. The Kier molecular flexibility index (Phi) is 6.15. The highest BCUT2D eigenvalue weighted by molar-refractivity contribution is 6.43. The van der Waals surface area contributed by atoms with Crippen molar-refractivity contribution in [2.75, 3.05) is 5.32 Å². The zero-order valence-corrected chi connectivity index (χ0v) is 17.5. The Balaban J connectivity index is 1.60. The van der Waals surface area contributed by atoms with E-state index in [4.69, 9.17) is 23.2 Å². The van der Waals surface area contributed by atoms with Gasteiger partial charge in [-0.25, -0.2) is 0 Å². The molecule has 164 valence electrons. The Morgan fingerprint density at radius 3 is 2.66 bits per heavy atom. The molecule has 0 saturated heterocycles. The van der Waals surface area contributed by atoms with Crippen LogP contribution in [-0.2, 0) is 6.54 Å². The summed E-state index contributed by atoms with van der Waals surface area (Å²) >= 11 is 12.3. The van der Waals surface area contributed by atoms with Crippen LogP contribution >= 0.6 is 23.2 Å². The minimum absolute atomic E-state index is 0.228. The first-order valence-corrected chi connectivity index (χ1v) is 9.84. The molecule has 4 rings (SSSR count). The second-order valence-corrected chi connectivity index (χ2v) is 7.21. The second kappa shape index (κ2) is 9.01. The summed E-state index contributed by atoms with van der Waals surface area (Å²) in [4.78, 5) is 4.32. The van der Waals surface area contributed by atoms with Crippen molar-refractivity contribution >= 4 is 29.2 Å². The molecular weight excluding hydrogens is 468 g/mol. The van der Waals surface area contributed by atoms with Crippen molar-refractivity contribution in [3.8, 4) is 22.7 Å². The molecule has 0 radical (unpaired) electrons. The van der Waals surface area contributed by atoms with Gasteiger partial charge in [0, 0.05) is 18.3 Å². The number of nitrogens with zero attached hydrogens (tertiary/aromatic N) is 5. The summed E-state index contributed by atoms with van der Waals surface area (Å²) < 4.78 is 43.1. The van der Waals surface area contributed by atoms with E-state index in [1.54, 1.807) is 42.6 Å². The Labute approximate surface area is 189 Å². The molecule has 2 aromatic heterocycles. The third-order valence-corrected chi connectivity index (χ3v) is 5.11. The van der Waals surface area contributed by atoms with E-state index >= 15 is 0 Å². The number of benzene rings is 2. The van der Waals surface area contributed by atoms with Crippen molar-refractivity contribution in [2.45, 2.75) is 12.9 Å². The van der Waals surface area contributed by atoms with Gasteiger partial charge < -0.3 is 10.1 Å². The maximum atomic E-state index is 12.6. The van der Waals surface area contributed by atoms with Crippen LogP contribution in [0.25, 0.3) is 16.9 Å². The molecule has 0 fully saturated rings. The number of ether oxygens (including phenoxy) is 1. The predicted molar refractivity (Wildman–Crippen MR) is 113 cm³/mol. The number of anilines is 1. The third-order valence-electron chi connectivity index (χ3n) is 4.30. The normalized spacial score (nSPS) is 11.4. The molecule has 7 nitrogen and oxygen atoms in total. The zero-order chi connectivity index (χ0) is 22.7. The predicted octanol–water partition coefficient (Wildman–Crippen LogP) is 5.54. The number of hydrogen-bond donors (Lipinski definition) is 1. The van der Waals surface area contributed by atoms with Gasteiger partial charge in [-0.3, -0.25) is 4.98 Å². The molecule has 0 saturated carbocycles. The van der Waals surface area contributed by atoms with Gasteiger partial charge in [-0.15, -0.1) is 13.2 Å². The zero-order valence-electron chi connectivity index (χ0n) is 16.0. The monoisotopic (exact) mass is 480 g/mol. The summed E-state index contributed by atoms with van der Waals surface area (Å²) in [5.74, 6) is -0.0442.